The van der Waals surface area contributed by atoms with Gasteiger partial charge in [-0.25, -0.2) is 0 Å². The molecule has 0 aliphatic carbocycles. The van der Waals surface area contributed by atoms with Crippen molar-refractivity contribution in [3.05, 3.63) is 111 Å². The number of aliphatic hydroxyl groups excluding tert-OH is 1. The molecule has 2 heterocycles. The maximum absolute atomic E-state index is 13.8. The van der Waals surface area contributed by atoms with E-state index in [4.69, 9.17) is 0 Å². The molecule has 2 aliphatic heterocycles. The molecule has 38 heavy (non-hydrogen) atoms. The van der Waals surface area contributed by atoms with Crippen LogP contribution < -0.4 is 10.3 Å². The first-order chi connectivity index (χ1) is 18.5. The van der Waals surface area contributed by atoms with Crippen LogP contribution in [-0.2, 0) is 6.54 Å². The molecule has 5 nitrogen and oxygen atoms in total. The zero-order valence-electron chi connectivity index (χ0n) is 22.8. The molecule has 1 N–H and O–H groups in total. The summed E-state index contributed by atoms with van der Waals surface area (Å²) in [7, 11) is 0. The minimum Gasteiger partial charge on any atom is -0.393 e. The molecule has 0 saturated carbocycles. The fourth-order valence-corrected chi connectivity index (χ4v) is 5.84. The second-order valence-corrected chi connectivity index (χ2v) is 11.1. The Hall–Kier alpha value is -2.99. The van der Waals surface area contributed by atoms with Crippen molar-refractivity contribution in [1.82, 2.24) is 9.80 Å². The van der Waals surface area contributed by atoms with Crippen molar-refractivity contribution in [2.45, 2.75) is 51.3 Å². The molecule has 0 unspecified atom stereocenters. The Balaban J connectivity index is 1.34. The van der Waals surface area contributed by atoms with Crippen LogP contribution in [0.5, 0.6) is 0 Å². The van der Waals surface area contributed by atoms with Crippen LogP contribution in [0, 0.1) is 0 Å². The van der Waals surface area contributed by atoms with Crippen molar-refractivity contribution >= 4 is 5.69 Å². The third-order valence-electron chi connectivity index (χ3n) is 8.17. The normalized spacial score (nSPS) is 17.9. The van der Waals surface area contributed by atoms with Gasteiger partial charge in [0.15, 0.2) is 0 Å². The van der Waals surface area contributed by atoms with E-state index in [0.717, 1.165) is 63.4 Å². The van der Waals surface area contributed by atoms with E-state index in [0.29, 0.717) is 12.5 Å². The number of piperidine rings is 1. The van der Waals surface area contributed by atoms with Crippen LogP contribution in [0.1, 0.15) is 60.9 Å². The highest BCUT2D eigenvalue weighted by molar-refractivity contribution is 5.51. The molecule has 2 aliphatic rings. The highest BCUT2D eigenvalue weighted by Crippen LogP contribution is 2.30. The first-order valence-electron chi connectivity index (χ1n) is 14.2. The molecule has 5 rings (SSSR count). The Morgan fingerprint density at radius 1 is 0.763 bits per heavy atom. The van der Waals surface area contributed by atoms with Gasteiger partial charge >= 0.3 is 0 Å². The summed E-state index contributed by atoms with van der Waals surface area (Å²) in [5, 5.41) is 10.00. The second kappa shape index (κ2) is 12.2. The van der Waals surface area contributed by atoms with Gasteiger partial charge in [-0.2, -0.15) is 0 Å². The van der Waals surface area contributed by atoms with Gasteiger partial charge in [0.05, 0.1) is 17.8 Å². The smallest absolute Gasteiger partial charge is 0.206 e. The number of piperazine rings is 1. The van der Waals surface area contributed by atoms with E-state index in [-0.39, 0.29) is 17.6 Å². The predicted octanol–water partition coefficient (Wildman–Crippen LogP) is 5.04. The summed E-state index contributed by atoms with van der Waals surface area (Å²) in [5.41, 5.74) is 5.64. The number of hydrogen-bond acceptors (Lipinski definition) is 5. The number of benzene rings is 2. The Morgan fingerprint density at radius 3 is 1.89 bits per heavy atom. The third kappa shape index (κ3) is 6.17. The van der Waals surface area contributed by atoms with Crippen molar-refractivity contribution in [3.63, 3.8) is 0 Å². The lowest BCUT2D eigenvalue weighted by atomic mass is 9.96. The molecule has 5 heteroatoms. The highest BCUT2D eigenvalue weighted by Gasteiger charge is 2.27. The van der Waals surface area contributed by atoms with Gasteiger partial charge in [0.2, 0.25) is 5.43 Å². The fourth-order valence-electron chi connectivity index (χ4n) is 5.84. The van der Waals surface area contributed by atoms with Gasteiger partial charge in [0.1, 0.15) is 0 Å². The third-order valence-corrected chi connectivity index (χ3v) is 8.17. The number of aliphatic hydroxyl groups is 1. The van der Waals surface area contributed by atoms with Crippen molar-refractivity contribution in [2.24, 2.45) is 0 Å². The molecule has 2 fully saturated rings. The second-order valence-electron chi connectivity index (χ2n) is 11.1. The summed E-state index contributed by atoms with van der Waals surface area (Å²) < 4.78 is 0. The van der Waals surface area contributed by atoms with Crippen LogP contribution in [0.3, 0.4) is 0 Å². The standard InChI is InChI=1S/C33H41N3O2/c1-25(2)28-13-14-29(33(38)31(23-28)35-17-15-30(37)16-18-35)24-34-19-21-36(22-20-34)32(26-9-5-3-6-10-26)27-11-7-4-8-12-27/h3-14,23,25,30,32,37H,15-22,24H2,1-2H3. The number of rotatable bonds is 7. The van der Waals surface area contributed by atoms with E-state index in [1.165, 1.54) is 16.7 Å². The minimum atomic E-state index is -0.255. The van der Waals surface area contributed by atoms with Crippen molar-refractivity contribution in [1.29, 1.82) is 0 Å². The summed E-state index contributed by atoms with van der Waals surface area (Å²) in [5.74, 6) is 0.347. The van der Waals surface area contributed by atoms with Crippen molar-refractivity contribution in [3.8, 4) is 0 Å². The Bertz CT molecular complexity index is 1190. The van der Waals surface area contributed by atoms with Crippen molar-refractivity contribution in [2.75, 3.05) is 44.2 Å². The van der Waals surface area contributed by atoms with Gasteiger partial charge in [-0.3, -0.25) is 14.6 Å². The van der Waals surface area contributed by atoms with Gasteiger partial charge in [0, 0.05) is 51.4 Å². The molecule has 0 spiro atoms. The first kappa shape index (κ1) is 26.6. The highest BCUT2D eigenvalue weighted by atomic mass is 16.3. The van der Waals surface area contributed by atoms with E-state index >= 15 is 0 Å². The Labute approximate surface area is 227 Å². The summed E-state index contributed by atoms with van der Waals surface area (Å²) in [4.78, 5) is 21.0. The largest absolute Gasteiger partial charge is 0.393 e. The van der Waals surface area contributed by atoms with Crippen LogP contribution in [-0.4, -0.2) is 60.3 Å². The number of hydrogen-bond donors (Lipinski definition) is 1. The summed E-state index contributed by atoms with van der Waals surface area (Å²) >= 11 is 0. The van der Waals surface area contributed by atoms with E-state index < -0.39 is 0 Å². The van der Waals surface area contributed by atoms with Crippen LogP contribution in [0.15, 0.2) is 83.7 Å². The Kier molecular flexibility index (Phi) is 8.58. The van der Waals surface area contributed by atoms with Gasteiger partial charge in [-0.15, -0.1) is 0 Å². The lowest BCUT2D eigenvalue weighted by Gasteiger charge is -2.39. The van der Waals surface area contributed by atoms with Gasteiger partial charge in [-0.1, -0.05) is 86.6 Å². The zero-order valence-corrected chi connectivity index (χ0v) is 22.8. The lowest BCUT2D eigenvalue weighted by molar-refractivity contribution is 0.104. The van der Waals surface area contributed by atoms with E-state index in [1.54, 1.807) is 0 Å². The molecule has 200 valence electrons. The predicted molar refractivity (Wildman–Crippen MR) is 156 cm³/mol. The molecule has 0 bridgehead atoms. The molecular weight excluding hydrogens is 470 g/mol. The van der Waals surface area contributed by atoms with Crippen LogP contribution in [0.4, 0.5) is 5.69 Å². The monoisotopic (exact) mass is 511 g/mol. The van der Waals surface area contributed by atoms with Crippen molar-refractivity contribution < 1.29 is 5.11 Å². The quantitative estimate of drug-likeness (QED) is 0.482. The summed E-state index contributed by atoms with van der Waals surface area (Å²) in [6.07, 6.45) is 1.18. The molecule has 0 amide bonds. The molecule has 0 aromatic heterocycles. The zero-order chi connectivity index (χ0) is 26.5. The molecule has 2 saturated heterocycles. The molecule has 0 radical (unpaired) electrons. The van der Waals surface area contributed by atoms with E-state index in [1.807, 2.05) is 0 Å². The van der Waals surface area contributed by atoms with Crippen LogP contribution >= 0.6 is 0 Å². The minimum absolute atomic E-state index is 0.141. The van der Waals surface area contributed by atoms with Gasteiger partial charge in [0.25, 0.3) is 0 Å². The van der Waals surface area contributed by atoms with Crippen LogP contribution in [0.2, 0.25) is 0 Å². The van der Waals surface area contributed by atoms with Gasteiger partial charge < -0.3 is 10.0 Å². The molecule has 0 atom stereocenters. The number of nitrogens with zero attached hydrogens (tertiary/aromatic N) is 3. The molecular formula is C33H41N3O2. The first-order valence-corrected chi connectivity index (χ1v) is 14.2. The van der Waals surface area contributed by atoms with Crippen LogP contribution in [0.25, 0.3) is 0 Å². The summed E-state index contributed by atoms with van der Waals surface area (Å²) in [6.45, 7) is 10.3. The SMILES string of the molecule is CC(C)c1ccc(CN2CCN(C(c3ccccc3)c3ccccc3)CC2)c(=O)c(N2CCC(O)CC2)c1. The maximum Gasteiger partial charge on any atom is 0.206 e. The topological polar surface area (TPSA) is 47.0 Å². The Morgan fingerprint density at radius 2 is 1.34 bits per heavy atom. The maximum atomic E-state index is 13.8. The lowest BCUT2D eigenvalue weighted by Crippen LogP contribution is -2.47. The van der Waals surface area contributed by atoms with E-state index in [2.05, 4.69) is 107 Å². The average molecular weight is 512 g/mol. The number of anilines is 1. The fraction of sp³-hybridized carbons (Fsp3) is 0.424. The molecule has 3 aromatic rings. The van der Waals surface area contributed by atoms with E-state index in [9.17, 15) is 9.90 Å². The summed E-state index contributed by atoms with van der Waals surface area (Å²) in [6, 6.07) is 28.1. The molecule has 3 aromatic carbocycles. The van der Waals surface area contributed by atoms with Gasteiger partial charge in [-0.05, 0) is 41.5 Å². The average Bonchev–Trinajstić information content (AvgIpc) is 3.10.